The summed E-state index contributed by atoms with van der Waals surface area (Å²) in [5, 5.41) is 3.57. The number of rotatable bonds is 2. The van der Waals surface area contributed by atoms with E-state index in [1.165, 1.54) is 64.2 Å². The molecular weight excluding hydrogens is 182 g/mol. The van der Waals surface area contributed by atoms with E-state index in [2.05, 4.69) is 12.4 Å². The second-order valence-electron chi connectivity index (χ2n) is 5.60. The van der Waals surface area contributed by atoms with Crippen molar-refractivity contribution in [3.8, 4) is 0 Å². The summed E-state index contributed by atoms with van der Waals surface area (Å²) in [7, 11) is 2.17. The molecule has 2 atom stereocenters. The fraction of sp³-hybridized carbons (Fsp3) is 1.00. The first-order valence-corrected chi connectivity index (χ1v) is 7.09. The number of hydrogen-bond acceptors (Lipinski definition) is 1. The molecule has 0 amide bonds. The molecule has 0 radical (unpaired) electrons. The van der Waals surface area contributed by atoms with Gasteiger partial charge in [-0.15, -0.1) is 0 Å². The van der Waals surface area contributed by atoms with Gasteiger partial charge in [-0.25, -0.2) is 0 Å². The molecule has 2 fully saturated rings. The smallest absolute Gasteiger partial charge is 0.00949 e. The Bertz CT molecular complexity index is 170. The monoisotopic (exact) mass is 209 g/mol. The molecule has 0 bridgehead atoms. The van der Waals surface area contributed by atoms with E-state index in [0.29, 0.717) is 0 Å². The quantitative estimate of drug-likeness (QED) is 0.683. The standard InChI is InChI=1S/C14H27N/c1-15-14-11-7-6-10-13(14)12-8-4-2-3-5-9-12/h12-15H,2-11H2,1H3. The summed E-state index contributed by atoms with van der Waals surface area (Å²) >= 11 is 0. The molecule has 0 spiro atoms. The normalized spacial score (nSPS) is 35.0. The second kappa shape index (κ2) is 5.89. The molecule has 2 saturated carbocycles. The van der Waals surface area contributed by atoms with Crippen LogP contribution in [0.4, 0.5) is 0 Å². The minimum atomic E-state index is 0.835. The second-order valence-corrected chi connectivity index (χ2v) is 5.60. The predicted octanol–water partition coefficient (Wildman–Crippen LogP) is 3.74. The van der Waals surface area contributed by atoms with Gasteiger partial charge in [-0.05, 0) is 31.7 Å². The van der Waals surface area contributed by atoms with Gasteiger partial charge in [0.15, 0.2) is 0 Å². The van der Waals surface area contributed by atoms with E-state index in [-0.39, 0.29) is 0 Å². The summed E-state index contributed by atoms with van der Waals surface area (Å²) in [6, 6.07) is 0.835. The van der Waals surface area contributed by atoms with E-state index in [4.69, 9.17) is 0 Å². The third-order valence-corrected chi connectivity index (χ3v) is 4.70. The fourth-order valence-electron chi connectivity index (χ4n) is 3.82. The Morgan fingerprint density at radius 2 is 1.33 bits per heavy atom. The SMILES string of the molecule is CNC1CCCCC1C1CCCCCC1. The highest BCUT2D eigenvalue weighted by Gasteiger charge is 2.30. The molecule has 0 heterocycles. The van der Waals surface area contributed by atoms with Crippen molar-refractivity contribution in [1.82, 2.24) is 5.32 Å². The first kappa shape index (κ1) is 11.4. The van der Waals surface area contributed by atoms with E-state index >= 15 is 0 Å². The largest absolute Gasteiger partial charge is 0.317 e. The van der Waals surface area contributed by atoms with Crippen LogP contribution in [-0.4, -0.2) is 13.1 Å². The van der Waals surface area contributed by atoms with Gasteiger partial charge in [-0.2, -0.15) is 0 Å². The Kier molecular flexibility index (Phi) is 4.49. The van der Waals surface area contributed by atoms with Gasteiger partial charge in [-0.1, -0.05) is 51.4 Å². The molecule has 15 heavy (non-hydrogen) atoms. The highest BCUT2D eigenvalue weighted by Crippen LogP contribution is 2.37. The molecule has 0 aromatic rings. The predicted molar refractivity (Wildman–Crippen MR) is 66.0 cm³/mol. The van der Waals surface area contributed by atoms with E-state index in [9.17, 15) is 0 Å². The molecule has 2 aliphatic rings. The minimum absolute atomic E-state index is 0.835. The molecule has 1 heteroatoms. The highest BCUT2D eigenvalue weighted by molar-refractivity contribution is 4.85. The van der Waals surface area contributed by atoms with Gasteiger partial charge in [0.25, 0.3) is 0 Å². The van der Waals surface area contributed by atoms with Crippen LogP contribution in [0.15, 0.2) is 0 Å². The Balaban J connectivity index is 1.92. The number of nitrogens with one attached hydrogen (secondary N) is 1. The summed E-state index contributed by atoms with van der Waals surface area (Å²) in [6.45, 7) is 0. The first-order chi connectivity index (χ1) is 7.42. The Morgan fingerprint density at radius 3 is 2.00 bits per heavy atom. The summed E-state index contributed by atoms with van der Waals surface area (Å²) < 4.78 is 0. The van der Waals surface area contributed by atoms with Crippen LogP contribution in [0.25, 0.3) is 0 Å². The lowest BCUT2D eigenvalue weighted by atomic mass is 9.73. The zero-order valence-corrected chi connectivity index (χ0v) is 10.3. The maximum absolute atomic E-state index is 3.57. The highest BCUT2D eigenvalue weighted by atomic mass is 14.9. The van der Waals surface area contributed by atoms with E-state index in [0.717, 1.165) is 17.9 Å². The van der Waals surface area contributed by atoms with Crippen molar-refractivity contribution in [3.05, 3.63) is 0 Å². The van der Waals surface area contributed by atoms with Gasteiger partial charge in [0, 0.05) is 6.04 Å². The van der Waals surface area contributed by atoms with Crippen LogP contribution >= 0.6 is 0 Å². The van der Waals surface area contributed by atoms with Gasteiger partial charge in [-0.3, -0.25) is 0 Å². The third-order valence-electron chi connectivity index (χ3n) is 4.70. The average Bonchev–Trinajstić information content (AvgIpc) is 2.57. The lowest BCUT2D eigenvalue weighted by molar-refractivity contribution is 0.177. The van der Waals surface area contributed by atoms with Crippen molar-refractivity contribution in [3.63, 3.8) is 0 Å². The zero-order valence-electron chi connectivity index (χ0n) is 10.3. The van der Waals surface area contributed by atoms with Crippen molar-refractivity contribution in [2.75, 3.05) is 7.05 Å². The Labute approximate surface area is 95.0 Å². The molecular formula is C14H27N. The maximum Gasteiger partial charge on any atom is 0.00949 e. The zero-order chi connectivity index (χ0) is 10.5. The van der Waals surface area contributed by atoms with Crippen LogP contribution in [0.3, 0.4) is 0 Å². The maximum atomic E-state index is 3.57. The minimum Gasteiger partial charge on any atom is -0.317 e. The van der Waals surface area contributed by atoms with Crippen LogP contribution in [0.5, 0.6) is 0 Å². The molecule has 88 valence electrons. The van der Waals surface area contributed by atoms with Gasteiger partial charge in [0.05, 0.1) is 0 Å². The van der Waals surface area contributed by atoms with Gasteiger partial charge in [0.2, 0.25) is 0 Å². The van der Waals surface area contributed by atoms with Crippen molar-refractivity contribution in [2.24, 2.45) is 11.8 Å². The summed E-state index contributed by atoms with van der Waals surface area (Å²) in [5.41, 5.74) is 0. The van der Waals surface area contributed by atoms with Crippen LogP contribution in [0, 0.1) is 11.8 Å². The molecule has 0 aliphatic heterocycles. The van der Waals surface area contributed by atoms with Crippen molar-refractivity contribution >= 4 is 0 Å². The van der Waals surface area contributed by atoms with Crippen molar-refractivity contribution < 1.29 is 0 Å². The van der Waals surface area contributed by atoms with Gasteiger partial charge < -0.3 is 5.32 Å². The Morgan fingerprint density at radius 1 is 0.733 bits per heavy atom. The lowest BCUT2D eigenvalue weighted by Crippen LogP contribution is -2.40. The fourth-order valence-corrected chi connectivity index (χ4v) is 3.82. The number of hydrogen-bond donors (Lipinski definition) is 1. The van der Waals surface area contributed by atoms with Crippen LogP contribution in [-0.2, 0) is 0 Å². The summed E-state index contributed by atoms with van der Waals surface area (Å²) in [6.07, 6.45) is 14.9. The third kappa shape index (κ3) is 2.96. The van der Waals surface area contributed by atoms with E-state index < -0.39 is 0 Å². The molecule has 0 saturated heterocycles. The Hall–Kier alpha value is -0.0400. The average molecular weight is 209 g/mol. The van der Waals surface area contributed by atoms with Crippen LogP contribution in [0.1, 0.15) is 64.2 Å². The van der Waals surface area contributed by atoms with Crippen LogP contribution in [0.2, 0.25) is 0 Å². The molecule has 1 nitrogen and oxygen atoms in total. The molecule has 2 unspecified atom stereocenters. The first-order valence-electron chi connectivity index (χ1n) is 7.09. The van der Waals surface area contributed by atoms with Gasteiger partial charge in [0.1, 0.15) is 0 Å². The van der Waals surface area contributed by atoms with E-state index in [1.807, 2.05) is 0 Å². The molecule has 0 aromatic carbocycles. The molecule has 0 aromatic heterocycles. The van der Waals surface area contributed by atoms with Crippen molar-refractivity contribution in [2.45, 2.75) is 70.3 Å². The topological polar surface area (TPSA) is 12.0 Å². The molecule has 2 rings (SSSR count). The van der Waals surface area contributed by atoms with E-state index in [1.54, 1.807) is 0 Å². The van der Waals surface area contributed by atoms with Gasteiger partial charge >= 0.3 is 0 Å². The molecule has 1 N–H and O–H groups in total. The summed E-state index contributed by atoms with van der Waals surface area (Å²) in [5.74, 6) is 2.05. The lowest BCUT2D eigenvalue weighted by Gasteiger charge is -2.37. The van der Waals surface area contributed by atoms with Crippen molar-refractivity contribution in [1.29, 1.82) is 0 Å². The van der Waals surface area contributed by atoms with Crippen LogP contribution < -0.4 is 5.32 Å². The summed E-state index contributed by atoms with van der Waals surface area (Å²) in [4.78, 5) is 0. The molecule has 2 aliphatic carbocycles.